The van der Waals surface area contributed by atoms with Gasteiger partial charge in [-0.3, -0.25) is 33.6 Å². The van der Waals surface area contributed by atoms with Crippen LogP contribution < -0.4 is 10.9 Å². The summed E-state index contributed by atoms with van der Waals surface area (Å²) in [6.07, 6.45) is -2.94. The predicted octanol–water partition coefficient (Wildman–Crippen LogP) is 4.04. The molecule has 3 heterocycles. The van der Waals surface area contributed by atoms with Crippen molar-refractivity contribution in [1.82, 2.24) is 19.5 Å². The molecule has 0 aliphatic carbocycles. The van der Waals surface area contributed by atoms with Crippen LogP contribution in [0.2, 0.25) is 18.1 Å². The molecule has 1 fully saturated rings. The first-order chi connectivity index (χ1) is 21.6. The number of imidazole rings is 1. The molecule has 0 saturated carbocycles. The normalized spacial score (nSPS) is 21.6. The van der Waals surface area contributed by atoms with Crippen molar-refractivity contribution < 1.29 is 41.2 Å². The number of H-pyrrole nitrogens is 1. The van der Waals surface area contributed by atoms with Gasteiger partial charge < -0.3 is 27.3 Å². The number of anilines is 1. The number of nitrogens with one attached hydrogen (secondary N) is 2. The Morgan fingerprint density at radius 1 is 1.13 bits per heavy atom. The zero-order valence-corrected chi connectivity index (χ0v) is 29.8. The number of rotatable bonds is 16. The number of ether oxygens (including phenoxy) is 1. The fourth-order valence-electron chi connectivity index (χ4n) is 3.98. The van der Waals surface area contributed by atoms with Crippen molar-refractivity contribution in [3.05, 3.63) is 16.7 Å². The van der Waals surface area contributed by atoms with Crippen LogP contribution in [0.25, 0.3) is 11.2 Å². The first kappa shape index (κ1) is 37.7. The minimum absolute atomic E-state index is 0.0113. The third kappa shape index (κ3) is 9.64. The number of aromatic nitrogens is 4. The lowest BCUT2D eigenvalue weighted by Gasteiger charge is -2.40. The van der Waals surface area contributed by atoms with E-state index in [-0.39, 0.29) is 66.6 Å². The fourth-order valence-corrected chi connectivity index (χ4v) is 6.76. The molecule has 1 amide bonds. The van der Waals surface area contributed by atoms with Crippen molar-refractivity contribution in [2.24, 2.45) is 5.92 Å². The Balaban J connectivity index is 2.08. The molecule has 20 heteroatoms. The molecule has 0 radical (unpaired) electrons. The van der Waals surface area contributed by atoms with E-state index in [1.165, 1.54) is 10.9 Å². The number of nitriles is 2. The molecule has 1 saturated heterocycles. The third-order valence-electron chi connectivity index (χ3n) is 7.46. The van der Waals surface area contributed by atoms with E-state index in [1.54, 1.807) is 13.8 Å². The van der Waals surface area contributed by atoms with E-state index in [1.807, 2.05) is 46.0 Å². The molecule has 0 spiro atoms. The molecule has 0 bridgehead atoms. The van der Waals surface area contributed by atoms with Crippen LogP contribution in [0.5, 0.6) is 0 Å². The quantitative estimate of drug-likeness (QED) is 0.143. The van der Waals surface area contributed by atoms with E-state index in [4.69, 9.17) is 37.8 Å². The van der Waals surface area contributed by atoms with Gasteiger partial charge in [-0.25, -0.2) is 4.98 Å². The molecule has 1 aliphatic heterocycles. The lowest BCUT2D eigenvalue weighted by atomic mass is 10.1. The number of hydrogen-bond donors (Lipinski definition) is 2. The first-order valence-electron chi connectivity index (χ1n) is 14.6. The molecule has 46 heavy (non-hydrogen) atoms. The highest BCUT2D eigenvalue weighted by molar-refractivity contribution is 7.33. The average molecular weight is 702 g/mol. The van der Waals surface area contributed by atoms with Crippen LogP contribution in [-0.2, 0) is 41.2 Å². The highest BCUT2D eigenvalue weighted by atomic mass is 31.1. The number of carbonyl (C=O) groups excluding carboxylic acids is 1. The van der Waals surface area contributed by atoms with Crippen molar-refractivity contribution in [2.75, 3.05) is 25.1 Å². The fraction of sp³-hybridized carbons (Fsp3) is 0.692. The lowest BCUT2D eigenvalue weighted by molar-refractivity contribution is -0.118. The second kappa shape index (κ2) is 16.4. The molecule has 6 atom stereocenters. The van der Waals surface area contributed by atoms with Crippen LogP contribution in [0, 0.1) is 28.6 Å². The molecule has 2 N–H and O–H groups in total. The molecule has 3 rings (SSSR count). The SMILES string of the molecule is CC(C)C(=O)Nc1nc2c(ncn2C2OC(CO[PH](=O)OCCC#N)C(O[PH](=O)OCCC#N)C2O[Si](C)(C)C(C)(C)C)c(=O)[nH]1. The predicted molar refractivity (Wildman–Crippen MR) is 169 cm³/mol. The standard InChI is InChI=1S/C26H41N7O10P2Si/c1-16(2)22(34)31-25-30-21-18(23(35)32-25)29-15-33(21)24-20(43-46(6,7)26(3,4)5)19(42-45(37)39-13-9-11-28)17(41-24)14-40-44(36)38-12-8-10-27/h15-17,19-20,24,44-45H,8-9,12-14H2,1-7H3,(H2,30,31,32,34,35). The number of hydrogen-bond acceptors (Lipinski definition) is 14. The van der Waals surface area contributed by atoms with E-state index in [0.29, 0.717) is 0 Å². The minimum atomic E-state index is -3.20. The smallest absolute Gasteiger partial charge is 0.319 e. The van der Waals surface area contributed by atoms with Gasteiger partial charge in [0.05, 0.1) is 51.1 Å². The highest BCUT2D eigenvalue weighted by Crippen LogP contribution is 2.45. The van der Waals surface area contributed by atoms with Gasteiger partial charge >= 0.3 is 16.5 Å². The Labute approximate surface area is 268 Å². The number of fused-ring (bicyclic) bond motifs is 1. The second-order valence-corrected chi connectivity index (χ2v) is 19.1. The Hall–Kier alpha value is -2.76. The Morgan fingerprint density at radius 2 is 1.76 bits per heavy atom. The van der Waals surface area contributed by atoms with E-state index < -0.39 is 54.9 Å². The molecule has 254 valence electrons. The van der Waals surface area contributed by atoms with Crippen molar-refractivity contribution in [2.45, 2.75) is 90.1 Å². The van der Waals surface area contributed by atoms with Crippen molar-refractivity contribution in [1.29, 1.82) is 10.5 Å². The van der Waals surface area contributed by atoms with Gasteiger partial charge in [-0.2, -0.15) is 15.5 Å². The second-order valence-electron chi connectivity index (χ2n) is 12.2. The van der Waals surface area contributed by atoms with E-state index in [0.717, 1.165) is 0 Å². The topological polar surface area (TPSA) is 230 Å². The van der Waals surface area contributed by atoms with Crippen molar-refractivity contribution in [3.8, 4) is 12.1 Å². The average Bonchev–Trinajstić information content (AvgIpc) is 3.52. The van der Waals surface area contributed by atoms with E-state index in [2.05, 4.69) is 20.3 Å². The number of carbonyl (C=O) groups is 1. The zero-order valence-electron chi connectivity index (χ0n) is 26.8. The molecule has 2 aromatic heterocycles. The summed E-state index contributed by atoms with van der Waals surface area (Å²) in [4.78, 5) is 36.5. The van der Waals surface area contributed by atoms with Crippen LogP contribution in [0.4, 0.5) is 5.95 Å². The summed E-state index contributed by atoms with van der Waals surface area (Å²) in [5.41, 5.74) is -0.596. The van der Waals surface area contributed by atoms with Gasteiger partial charge in [0.15, 0.2) is 25.7 Å². The van der Waals surface area contributed by atoms with Crippen LogP contribution >= 0.6 is 16.5 Å². The maximum atomic E-state index is 13.0. The van der Waals surface area contributed by atoms with Crippen LogP contribution in [0.15, 0.2) is 11.1 Å². The monoisotopic (exact) mass is 701 g/mol. The maximum absolute atomic E-state index is 13.0. The molecule has 6 unspecified atom stereocenters. The van der Waals surface area contributed by atoms with Crippen LogP contribution in [-0.4, -0.2) is 71.9 Å². The molecule has 17 nitrogen and oxygen atoms in total. The highest BCUT2D eigenvalue weighted by Gasteiger charge is 2.53. The minimum Gasteiger partial charge on any atom is -0.407 e. The summed E-state index contributed by atoms with van der Waals surface area (Å²) in [5.74, 6) is -0.862. The Morgan fingerprint density at radius 3 is 2.35 bits per heavy atom. The van der Waals surface area contributed by atoms with E-state index in [9.17, 15) is 18.7 Å². The Bertz CT molecular complexity index is 1560. The molecule has 2 aromatic rings. The van der Waals surface area contributed by atoms with Gasteiger partial charge in [-0.05, 0) is 18.1 Å². The third-order valence-corrected chi connectivity index (χ3v) is 13.7. The lowest BCUT2D eigenvalue weighted by Crippen LogP contribution is -2.49. The van der Waals surface area contributed by atoms with Crippen LogP contribution in [0.3, 0.4) is 0 Å². The van der Waals surface area contributed by atoms with Gasteiger partial charge in [0.1, 0.15) is 18.3 Å². The summed E-state index contributed by atoms with van der Waals surface area (Å²) in [5, 5.41) is 19.9. The molecular formula is C26H41N7O10P2Si. The summed E-state index contributed by atoms with van der Waals surface area (Å²) < 4.78 is 61.6. The van der Waals surface area contributed by atoms with Gasteiger partial charge in [-0.1, -0.05) is 34.6 Å². The van der Waals surface area contributed by atoms with Crippen molar-refractivity contribution in [3.63, 3.8) is 0 Å². The summed E-state index contributed by atoms with van der Waals surface area (Å²) in [6.45, 7) is 12.8. The van der Waals surface area contributed by atoms with Gasteiger partial charge in [-0.15, -0.1) is 0 Å². The molecular weight excluding hydrogens is 660 g/mol. The summed E-state index contributed by atoms with van der Waals surface area (Å²) in [6, 6.07) is 3.78. The van der Waals surface area contributed by atoms with E-state index >= 15 is 0 Å². The number of aromatic amines is 1. The largest absolute Gasteiger partial charge is 0.407 e. The maximum Gasteiger partial charge on any atom is 0.319 e. The number of nitrogens with zero attached hydrogens (tertiary/aromatic N) is 5. The van der Waals surface area contributed by atoms with Gasteiger partial charge in [0.25, 0.3) is 5.56 Å². The zero-order chi connectivity index (χ0) is 34.2. The van der Waals surface area contributed by atoms with Gasteiger partial charge in [0, 0.05) is 5.92 Å². The van der Waals surface area contributed by atoms with Crippen molar-refractivity contribution >= 4 is 47.8 Å². The molecule has 1 aliphatic rings. The van der Waals surface area contributed by atoms with Gasteiger partial charge in [0.2, 0.25) is 11.9 Å². The summed E-state index contributed by atoms with van der Waals surface area (Å²) >= 11 is 0. The van der Waals surface area contributed by atoms with Crippen LogP contribution in [0.1, 0.15) is 53.7 Å². The first-order valence-corrected chi connectivity index (χ1v) is 19.9. The Kier molecular flexibility index (Phi) is 13.4. The molecule has 0 aromatic carbocycles. The number of amides is 1. The summed E-state index contributed by atoms with van der Waals surface area (Å²) in [7, 11) is -8.89.